The first-order valence-electron chi connectivity index (χ1n) is 12.3. The van der Waals surface area contributed by atoms with E-state index in [1.54, 1.807) is 37.3 Å². The molecule has 1 unspecified atom stereocenters. The predicted octanol–water partition coefficient (Wildman–Crippen LogP) is 2.53. The van der Waals surface area contributed by atoms with Gasteiger partial charge in [-0.2, -0.15) is 0 Å². The molecule has 2 heterocycles. The second-order valence-electron chi connectivity index (χ2n) is 8.77. The summed E-state index contributed by atoms with van der Waals surface area (Å²) in [4.78, 5) is 20.1. The van der Waals surface area contributed by atoms with Gasteiger partial charge < -0.3 is 41.4 Å². The molecular formula is C28H35IN2O8P+. The minimum absolute atomic E-state index is 0.0602. The van der Waals surface area contributed by atoms with Crippen molar-refractivity contribution < 1.29 is 45.2 Å². The first-order chi connectivity index (χ1) is 19.1. The molecule has 0 aliphatic carbocycles. The smallest absolute Gasteiger partial charge is 0.337 e. The van der Waals surface area contributed by atoms with E-state index in [4.69, 9.17) is 25.4 Å². The summed E-state index contributed by atoms with van der Waals surface area (Å²) in [6.07, 6.45) is -2.02. The minimum atomic E-state index is -1.41. The number of carboxylic acids is 1. The Hall–Kier alpha value is -2.64. The van der Waals surface area contributed by atoms with Gasteiger partial charge in [-0.1, -0.05) is 60.7 Å². The van der Waals surface area contributed by atoms with Crippen molar-refractivity contribution in [1.29, 1.82) is 0 Å². The van der Waals surface area contributed by atoms with E-state index < -0.39 is 24.3 Å². The molecule has 0 fully saturated rings. The lowest BCUT2D eigenvalue weighted by molar-refractivity contribution is -0.448. The van der Waals surface area contributed by atoms with Gasteiger partial charge >= 0.3 is 5.97 Å². The van der Waals surface area contributed by atoms with Gasteiger partial charge in [-0.15, -0.1) is 0 Å². The summed E-state index contributed by atoms with van der Waals surface area (Å²) < 4.78 is 10.6. The number of hydrogen-bond donors (Lipinski definition) is 6. The van der Waals surface area contributed by atoms with Crippen molar-refractivity contribution in [3.05, 3.63) is 95.6 Å². The van der Waals surface area contributed by atoms with Crippen molar-refractivity contribution in [2.45, 2.75) is 37.3 Å². The number of aliphatic carboxylic acids is 1. The van der Waals surface area contributed by atoms with Crippen LogP contribution < -0.4 is 20.9 Å². The van der Waals surface area contributed by atoms with E-state index in [2.05, 4.69) is 27.8 Å². The zero-order valence-electron chi connectivity index (χ0n) is 21.9. The highest BCUT2D eigenvalue weighted by Crippen LogP contribution is 2.30. The molecule has 0 saturated carbocycles. The van der Waals surface area contributed by atoms with Gasteiger partial charge in [0.2, 0.25) is 0 Å². The van der Waals surface area contributed by atoms with E-state index in [0.29, 0.717) is 18.4 Å². The molecule has 0 saturated heterocycles. The monoisotopic (exact) mass is 685 g/mol. The van der Waals surface area contributed by atoms with Crippen LogP contribution in [-0.4, -0.2) is 57.3 Å². The molecule has 3 aromatic carbocycles. The number of para-hydroxylation sites is 2. The molecular weight excluding hydrogens is 650 g/mol. The Bertz CT molecular complexity index is 1160. The number of hydrogen-bond acceptors (Lipinski definition) is 8. The van der Waals surface area contributed by atoms with Crippen molar-refractivity contribution >= 4 is 39.8 Å². The van der Waals surface area contributed by atoms with Crippen LogP contribution in [0.3, 0.4) is 0 Å². The van der Waals surface area contributed by atoms with E-state index in [-0.39, 0.29) is 24.2 Å². The maximum Gasteiger partial charge on any atom is 0.337 e. The van der Waals surface area contributed by atoms with Crippen LogP contribution in [0.2, 0.25) is 0 Å². The Morgan fingerprint density at radius 1 is 0.900 bits per heavy atom. The van der Waals surface area contributed by atoms with Crippen LogP contribution in [0.25, 0.3) is 0 Å². The minimum Gasteiger partial charge on any atom is -0.490 e. The molecule has 0 bridgehead atoms. The number of nitrogens with two attached hydrogens (primary N) is 1. The number of aliphatic hydroxyl groups is 3. The van der Waals surface area contributed by atoms with E-state index in [1.165, 1.54) is 0 Å². The number of carboxylic acid groups (broad SMARTS) is 1. The Kier molecular flexibility index (Phi) is 14.5. The number of quaternary nitrogens is 1. The van der Waals surface area contributed by atoms with Crippen molar-refractivity contribution in [2.24, 2.45) is 5.73 Å². The summed E-state index contributed by atoms with van der Waals surface area (Å²) in [7, 11) is 0. The maximum absolute atomic E-state index is 10.2. The van der Waals surface area contributed by atoms with Crippen LogP contribution in [0, 0.1) is 0 Å². The van der Waals surface area contributed by atoms with E-state index in [1.807, 2.05) is 48.5 Å². The molecule has 216 valence electrons. The van der Waals surface area contributed by atoms with Gasteiger partial charge in [-0.3, -0.25) is 4.79 Å². The Morgan fingerprint density at radius 3 is 1.88 bits per heavy atom. The van der Waals surface area contributed by atoms with Gasteiger partial charge in [-0.25, -0.2) is 4.79 Å². The number of benzene rings is 3. The predicted molar refractivity (Wildman–Crippen MR) is 160 cm³/mol. The quantitative estimate of drug-likeness (QED) is 0.178. The molecule has 0 amide bonds. The van der Waals surface area contributed by atoms with Gasteiger partial charge in [0.1, 0.15) is 43.0 Å². The van der Waals surface area contributed by atoms with Crippen LogP contribution in [0.15, 0.2) is 78.9 Å². The molecule has 3 aromatic rings. The molecule has 40 heavy (non-hydrogen) atoms. The van der Waals surface area contributed by atoms with Gasteiger partial charge in [0.25, 0.3) is 0 Å². The van der Waals surface area contributed by atoms with Crippen LogP contribution in [0.1, 0.15) is 41.8 Å². The summed E-state index contributed by atoms with van der Waals surface area (Å²) in [6.45, 7) is 2.23. The number of halogens is 1. The standard InChI is InChI=1S/2C9H11NO2.C8H8O3.C2H4IOP/c2*10-9-6-3-1-2-4-8(6)12-5-7(9)11;9-7(8(10)11)6-4-2-1-3-5-6;1-2(4)5-3/h2*1-4,7,9,11H,5,10H2;1-5,7,9H,(H,10,11);5H,1H3/p+1/t2*7-,9+;7-;/m110./s1. The lowest BCUT2D eigenvalue weighted by atomic mass is 9.99. The lowest BCUT2D eigenvalue weighted by Gasteiger charge is -2.27. The van der Waals surface area contributed by atoms with Gasteiger partial charge in [-0.05, 0) is 52.7 Å². The fourth-order valence-corrected chi connectivity index (χ4v) is 3.57. The third-order valence-electron chi connectivity index (χ3n) is 5.78. The molecule has 9 N–H and O–H groups in total. The lowest BCUT2D eigenvalue weighted by Crippen LogP contribution is -2.61. The van der Waals surface area contributed by atoms with Gasteiger partial charge in [0.15, 0.2) is 11.6 Å². The molecule has 6 atom stereocenters. The summed E-state index contributed by atoms with van der Waals surface area (Å²) in [5.41, 5.74) is 12.2. The molecule has 0 spiro atoms. The number of carbonyl (C=O) groups is 2. The highest BCUT2D eigenvalue weighted by atomic mass is 127. The average molecular weight is 685 g/mol. The summed E-state index contributed by atoms with van der Waals surface area (Å²) in [5.74, 6) is 0.411. The molecule has 2 aliphatic heterocycles. The Labute approximate surface area is 247 Å². The normalized spacial score (nSPS) is 21.2. The van der Waals surface area contributed by atoms with Crippen LogP contribution >= 0.6 is 28.3 Å². The van der Waals surface area contributed by atoms with E-state index in [9.17, 15) is 19.8 Å². The maximum atomic E-state index is 10.2. The average Bonchev–Trinajstić information content (AvgIpc) is 2.98. The fourth-order valence-electron chi connectivity index (χ4n) is 3.57. The molecule has 0 aromatic heterocycles. The molecule has 2 aliphatic rings. The molecule has 5 rings (SSSR count). The van der Waals surface area contributed by atoms with Crippen LogP contribution in [0.5, 0.6) is 11.5 Å². The molecule has 10 nitrogen and oxygen atoms in total. The van der Waals surface area contributed by atoms with Crippen molar-refractivity contribution in [2.75, 3.05) is 13.2 Å². The zero-order chi connectivity index (χ0) is 29.7. The first-order valence-corrected chi connectivity index (χ1v) is 16.4. The number of ether oxygens (including phenoxy) is 2. The van der Waals surface area contributed by atoms with Gasteiger partial charge in [0.05, 0.1) is 11.6 Å². The van der Waals surface area contributed by atoms with Crippen LogP contribution in [-0.2, 0) is 9.59 Å². The fraction of sp³-hybridized carbons (Fsp3) is 0.286. The third kappa shape index (κ3) is 10.4. The summed E-state index contributed by atoms with van der Waals surface area (Å²) >= 11 is 2.06. The van der Waals surface area contributed by atoms with Crippen molar-refractivity contribution in [3.63, 3.8) is 0 Å². The Balaban J connectivity index is 0.000000194. The molecule has 0 radical (unpaired) electrons. The number of rotatable bonds is 3. The summed E-state index contributed by atoms with van der Waals surface area (Å²) in [6, 6.07) is 23.1. The molecule has 12 heteroatoms. The third-order valence-corrected chi connectivity index (χ3v) is 8.32. The van der Waals surface area contributed by atoms with E-state index in [0.717, 1.165) is 22.6 Å². The van der Waals surface area contributed by atoms with Crippen LogP contribution in [0.4, 0.5) is 0 Å². The first kappa shape index (κ1) is 33.6. The summed E-state index contributed by atoms with van der Waals surface area (Å²) in [5, 5.41) is 36.2. The Morgan fingerprint density at radius 2 is 1.35 bits per heavy atom. The number of fused-ring (bicyclic) bond motifs is 2. The SMILES string of the molecule is CC(=O)PI.N[C@H]1c2ccccc2OC[C@H]1O.O=C(O)[C@@H](O)c1ccccc1.[NH3+][C@H]1c2ccccc2OC[C@H]1O. The van der Waals surface area contributed by atoms with Crippen molar-refractivity contribution in [1.82, 2.24) is 0 Å². The largest absolute Gasteiger partial charge is 0.490 e. The zero-order valence-corrected chi connectivity index (χ0v) is 25.0. The highest BCUT2D eigenvalue weighted by Gasteiger charge is 2.28. The van der Waals surface area contributed by atoms with Gasteiger partial charge in [0, 0.05) is 11.8 Å². The van der Waals surface area contributed by atoms with Crippen molar-refractivity contribution in [3.8, 4) is 11.5 Å². The number of aliphatic hydroxyl groups excluding tert-OH is 3. The second kappa shape index (κ2) is 17.2. The second-order valence-corrected chi connectivity index (χ2v) is 11.3. The topological polar surface area (TPSA) is 187 Å². The highest BCUT2D eigenvalue weighted by molar-refractivity contribution is 14.2. The number of carbonyl (C=O) groups excluding carboxylic acids is 1. The van der Waals surface area contributed by atoms with E-state index >= 15 is 0 Å².